The van der Waals surface area contributed by atoms with Crippen molar-refractivity contribution in [2.75, 3.05) is 41.8 Å². The summed E-state index contributed by atoms with van der Waals surface area (Å²) in [6.07, 6.45) is 0. The lowest BCUT2D eigenvalue weighted by molar-refractivity contribution is -0.115. The molecular formula is C22H23N5O3. The van der Waals surface area contributed by atoms with Crippen LogP contribution in [-0.2, 0) is 14.3 Å². The summed E-state index contributed by atoms with van der Waals surface area (Å²) in [5.41, 5.74) is 3.55. The average molecular weight is 405 g/mol. The van der Waals surface area contributed by atoms with Crippen molar-refractivity contribution in [2.24, 2.45) is 0 Å². The molecule has 2 N–H and O–H groups in total. The maximum atomic E-state index is 11.5. The summed E-state index contributed by atoms with van der Waals surface area (Å²) in [6, 6.07) is 13.7. The fourth-order valence-corrected chi connectivity index (χ4v) is 3.47. The van der Waals surface area contributed by atoms with Crippen molar-refractivity contribution in [3.8, 4) is 11.1 Å². The molecule has 2 aromatic carbocycles. The van der Waals surface area contributed by atoms with Crippen molar-refractivity contribution in [1.29, 1.82) is 0 Å². The van der Waals surface area contributed by atoms with Crippen LogP contribution < -0.4 is 15.5 Å². The number of hydrogen-bond acceptors (Lipinski definition) is 6. The van der Waals surface area contributed by atoms with E-state index in [-0.39, 0.29) is 11.8 Å². The monoisotopic (exact) mass is 405 g/mol. The molecule has 1 aliphatic heterocycles. The predicted molar refractivity (Wildman–Crippen MR) is 117 cm³/mol. The highest BCUT2D eigenvalue weighted by Crippen LogP contribution is 2.31. The Morgan fingerprint density at radius 2 is 1.57 bits per heavy atom. The number of anilines is 3. The van der Waals surface area contributed by atoms with E-state index in [1.54, 1.807) is 0 Å². The highest BCUT2D eigenvalue weighted by atomic mass is 16.5. The normalized spacial score (nSPS) is 13.9. The van der Waals surface area contributed by atoms with Gasteiger partial charge in [-0.25, -0.2) is 4.98 Å². The van der Waals surface area contributed by atoms with Crippen molar-refractivity contribution in [1.82, 2.24) is 9.97 Å². The number of morpholine rings is 1. The van der Waals surface area contributed by atoms with Gasteiger partial charge in [0.1, 0.15) is 5.82 Å². The molecule has 1 aliphatic rings. The largest absolute Gasteiger partial charge is 0.378 e. The summed E-state index contributed by atoms with van der Waals surface area (Å²) in [6.45, 7) is 5.63. The molecule has 8 heteroatoms. The summed E-state index contributed by atoms with van der Waals surface area (Å²) < 4.78 is 5.47. The maximum absolute atomic E-state index is 11.5. The second-order valence-corrected chi connectivity index (χ2v) is 7.14. The first-order chi connectivity index (χ1) is 14.5. The van der Waals surface area contributed by atoms with Crippen LogP contribution in [0, 0.1) is 0 Å². The Morgan fingerprint density at radius 3 is 2.23 bits per heavy atom. The van der Waals surface area contributed by atoms with Crippen molar-refractivity contribution in [3.05, 3.63) is 42.5 Å². The molecule has 0 unspecified atom stereocenters. The number of amides is 2. The topological polar surface area (TPSA) is 96.5 Å². The number of fused-ring (bicyclic) bond motifs is 1. The van der Waals surface area contributed by atoms with Crippen LogP contribution in [0.4, 0.5) is 17.5 Å². The molecule has 1 fully saturated rings. The van der Waals surface area contributed by atoms with Gasteiger partial charge < -0.3 is 15.0 Å². The molecule has 3 aromatic rings. The van der Waals surface area contributed by atoms with Gasteiger partial charge in [-0.05, 0) is 35.4 Å². The first-order valence-corrected chi connectivity index (χ1v) is 9.80. The fourth-order valence-electron chi connectivity index (χ4n) is 3.47. The van der Waals surface area contributed by atoms with Gasteiger partial charge in [-0.1, -0.05) is 18.2 Å². The van der Waals surface area contributed by atoms with Gasteiger partial charge in [-0.3, -0.25) is 14.9 Å². The number of aromatic nitrogens is 2. The highest BCUT2D eigenvalue weighted by Gasteiger charge is 2.18. The van der Waals surface area contributed by atoms with Crippen LogP contribution in [0.25, 0.3) is 22.0 Å². The van der Waals surface area contributed by atoms with Crippen LogP contribution in [0.15, 0.2) is 42.5 Å². The summed E-state index contributed by atoms with van der Waals surface area (Å²) in [4.78, 5) is 34.0. The Kier molecular flexibility index (Phi) is 5.58. The quantitative estimate of drug-likeness (QED) is 0.693. The van der Waals surface area contributed by atoms with E-state index in [2.05, 4.69) is 31.6 Å². The Balaban J connectivity index is 1.76. The highest BCUT2D eigenvalue weighted by molar-refractivity contribution is 5.96. The van der Waals surface area contributed by atoms with E-state index in [0.29, 0.717) is 19.2 Å². The molecular weight excluding hydrogens is 382 g/mol. The smallest absolute Gasteiger partial charge is 0.231 e. The van der Waals surface area contributed by atoms with Crippen LogP contribution in [0.3, 0.4) is 0 Å². The maximum Gasteiger partial charge on any atom is 0.231 e. The number of rotatable bonds is 4. The number of benzene rings is 2. The zero-order valence-electron chi connectivity index (χ0n) is 16.9. The van der Waals surface area contributed by atoms with E-state index in [9.17, 15) is 9.59 Å². The third-order valence-electron chi connectivity index (χ3n) is 4.81. The van der Waals surface area contributed by atoms with Crippen LogP contribution in [0.5, 0.6) is 0 Å². The van der Waals surface area contributed by atoms with Crippen molar-refractivity contribution in [3.63, 3.8) is 0 Å². The third-order valence-corrected chi connectivity index (χ3v) is 4.81. The van der Waals surface area contributed by atoms with Gasteiger partial charge in [-0.2, -0.15) is 4.98 Å². The number of carbonyl (C=O) groups is 2. The number of nitrogens with one attached hydrogen (secondary N) is 2. The number of carbonyl (C=O) groups excluding carboxylic acids is 2. The molecule has 0 atom stereocenters. The van der Waals surface area contributed by atoms with Crippen molar-refractivity contribution >= 4 is 40.2 Å². The van der Waals surface area contributed by atoms with Gasteiger partial charge in [0.25, 0.3) is 0 Å². The molecule has 1 aromatic heterocycles. The van der Waals surface area contributed by atoms with Gasteiger partial charge in [0, 0.05) is 38.0 Å². The molecule has 0 spiro atoms. The molecule has 8 nitrogen and oxygen atoms in total. The van der Waals surface area contributed by atoms with E-state index < -0.39 is 0 Å². The van der Waals surface area contributed by atoms with Crippen LogP contribution in [-0.4, -0.2) is 48.1 Å². The van der Waals surface area contributed by atoms with E-state index >= 15 is 0 Å². The van der Waals surface area contributed by atoms with Crippen molar-refractivity contribution in [2.45, 2.75) is 13.8 Å². The molecule has 0 aliphatic carbocycles. The van der Waals surface area contributed by atoms with E-state index in [4.69, 9.17) is 4.74 Å². The lowest BCUT2D eigenvalue weighted by Gasteiger charge is -2.29. The van der Waals surface area contributed by atoms with Crippen LogP contribution in [0.2, 0.25) is 0 Å². The van der Waals surface area contributed by atoms with E-state index in [0.717, 1.165) is 46.6 Å². The number of hydrogen-bond donors (Lipinski definition) is 2. The minimum Gasteiger partial charge on any atom is -0.378 e. The molecule has 4 rings (SSSR count). The predicted octanol–water partition coefficient (Wildman–Crippen LogP) is 3.05. The van der Waals surface area contributed by atoms with Gasteiger partial charge >= 0.3 is 0 Å². The van der Waals surface area contributed by atoms with E-state index in [1.807, 2.05) is 36.4 Å². The van der Waals surface area contributed by atoms with Crippen LogP contribution >= 0.6 is 0 Å². The zero-order chi connectivity index (χ0) is 21.1. The molecule has 0 bridgehead atoms. The first kappa shape index (κ1) is 19.8. The molecule has 0 radical (unpaired) electrons. The Morgan fingerprint density at radius 1 is 0.900 bits per heavy atom. The summed E-state index contributed by atoms with van der Waals surface area (Å²) >= 11 is 0. The SMILES string of the molecule is CC(=O)Nc1ccc(-c2ccc3nc(NC(C)=O)nc(N4CCOCC4)c3c2)cc1. The Hall–Kier alpha value is -3.52. The van der Waals surface area contributed by atoms with Gasteiger partial charge in [0.05, 0.1) is 18.7 Å². The zero-order valence-corrected chi connectivity index (χ0v) is 16.9. The fraction of sp³-hybridized carbons (Fsp3) is 0.273. The van der Waals surface area contributed by atoms with Gasteiger partial charge in [-0.15, -0.1) is 0 Å². The second-order valence-electron chi connectivity index (χ2n) is 7.14. The van der Waals surface area contributed by atoms with Gasteiger partial charge in [0.2, 0.25) is 17.8 Å². The van der Waals surface area contributed by atoms with Crippen LogP contribution in [0.1, 0.15) is 13.8 Å². The first-order valence-electron chi connectivity index (χ1n) is 9.80. The third kappa shape index (κ3) is 4.38. The van der Waals surface area contributed by atoms with Crippen molar-refractivity contribution < 1.29 is 14.3 Å². The molecule has 1 saturated heterocycles. The molecule has 2 amide bonds. The minimum absolute atomic E-state index is 0.101. The van der Waals surface area contributed by atoms with E-state index in [1.165, 1.54) is 13.8 Å². The summed E-state index contributed by atoms with van der Waals surface area (Å²) in [5, 5.41) is 6.38. The second kappa shape index (κ2) is 8.46. The Bertz CT molecular complexity index is 1090. The number of nitrogens with zero attached hydrogens (tertiary/aromatic N) is 3. The molecule has 0 saturated carbocycles. The minimum atomic E-state index is -0.210. The van der Waals surface area contributed by atoms with Gasteiger partial charge in [0.15, 0.2) is 0 Å². The lowest BCUT2D eigenvalue weighted by atomic mass is 10.0. The molecule has 2 heterocycles. The average Bonchev–Trinajstić information content (AvgIpc) is 2.73. The Labute approximate surface area is 174 Å². The summed E-state index contributed by atoms with van der Waals surface area (Å²) in [7, 11) is 0. The lowest BCUT2D eigenvalue weighted by Crippen LogP contribution is -2.37. The number of ether oxygens (including phenoxy) is 1. The molecule has 30 heavy (non-hydrogen) atoms. The standard InChI is InChI=1S/C22H23N5O3/c1-14(28)23-18-6-3-16(4-7-18)17-5-8-20-19(13-17)21(27-9-11-30-12-10-27)26-22(25-20)24-15(2)29/h3-8,13H,9-12H2,1-2H3,(H,23,28)(H,24,25,26,29). The molecule has 154 valence electrons. The summed E-state index contributed by atoms with van der Waals surface area (Å²) in [5.74, 6) is 0.765.